The van der Waals surface area contributed by atoms with Gasteiger partial charge in [-0.05, 0) is 41.4 Å². The number of hydrogen-bond acceptors (Lipinski definition) is 8. The third-order valence-corrected chi connectivity index (χ3v) is 4.55. The van der Waals surface area contributed by atoms with Crippen LogP contribution in [0.25, 0.3) is 0 Å². The quantitative estimate of drug-likeness (QED) is 0.286. The molecule has 0 aliphatic rings. The lowest BCUT2D eigenvalue weighted by molar-refractivity contribution is -0.620. The van der Waals surface area contributed by atoms with Gasteiger partial charge in [0.1, 0.15) is 11.9 Å². The Kier molecular flexibility index (Phi) is 7.87. The number of nitrogens with zero attached hydrogens (tertiary/aromatic N) is 2. The average molecular weight is 474 g/mol. The number of nitrogens with one attached hydrogen (secondary N) is 1. The van der Waals surface area contributed by atoms with E-state index in [2.05, 4.69) is 10.3 Å². The number of aromatic nitrogens is 2. The topological polar surface area (TPSA) is 123 Å². The summed E-state index contributed by atoms with van der Waals surface area (Å²) in [4.78, 5) is 28.5. The number of anilines is 1. The van der Waals surface area contributed by atoms with Crippen LogP contribution in [-0.2, 0) is 16.1 Å². The van der Waals surface area contributed by atoms with Crippen molar-refractivity contribution in [1.82, 2.24) is 4.98 Å². The van der Waals surface area contributed by atoms with Gasteiger partial charge >= 0.3 is 11.8 Å². The molecule has 0 aliphatic heterocycles. The molecule has 1 heterocycles. The Labute approximate surface area is 194 Å². The Hall–Kier alpha value is -4.05. The molecule has 0 fully saturated rings. The highest BCUT2D eigenvalue weighted by atomic mass is 35.5. The number of carbonyl (C=O) groups excluding carboxylic acids is 2. The second kappa shape index (κ2) is 11.0. The van der Waals surface area contributed by atoms with E-state index in [1.54, 1.807) is 18.2 Å². The molecule has 0 aliphatic carbocycles. The molecule has 0 radical (unpaired) electrons. The van der Waals surface area contributed by atoms with E-state index in [0.717, 1.165) is 0 Å². The van der Waals surface area contributed by atoms with Crippen LogP contribution >= 0.6 is 11.6 Å². The van der Waals surface area contributed by atoms with Gasteiger partial charge in [0.2, 0.25) is 0 Å². The third kappa shape index (κ3) is 6.23. The largest absolute Gasteiger partial charge is 0.711 e. The van der Waals surface area contributed by atoms with Gasteiger partial charge < -0.3 is 29.5 Å². The van der Waals surface area contributed by atoms with Crippen molar-refractivity contribution in [3.8, 4) is 17.2 Å². The highest BCUT2D eigenvalue weighted by molar-refractivity contribution is 6.31. The Bertz CT molecular complexity index is 1160. The molecular weight excluding hydrogens is 454 g/mol. The number of ether oxygens (including phenoxy) is 4. The van der Waals surface area contributed by atoms with E-state index in [9.17, 15) is 14.8 Å². The van der Waals surface area contributed by atoms with Crippen LogP contribution in [0.2, 0.25) is 5.02 Å². The summed E-state index contributed by atoms with van der Waals surface area (Å²) in [6.45, 7) is -0.629. The van der Waals surface area contributed by atoms with Crippen LogP contribution in [0.4, 0.5) is 5.69 Å². The molecule has 0 unspecified atom stereocenters. The van der Waals surface area contributed by atoms with Gasteiger partial charge in [-0.15, -0.1) is 0 Å². The Morgan fingerprint density at radius 3 is 2.58 bits per heavy atom. The summed E-state index contributed by atoms with van der Waals surface area (Å²) in [7, 11) is 2.87. The van der Waals surface area contributed by atoms with Crippen molar-refractivity contribution in [2.24, 2.45) is 0 Å². The number of rotatable bonds is 9. The van der Waals surface area contributed by atoms with E-state index >= 15 is 0 Å². The number of halogens is 1. The molecule has 1 amide bonds. The molecule has 0 spiro atoms. The minimum Gasteiger partial charge on any atom is -0.711 e. The number of amides is 1. The van der Waals surface area contributed by atoms with Gasteiger partial charge in [-0.25, -0.2) is 9.52 Å². The van der Waals surface area contributed by atoms with E-state index in [0.29, 0.717) is 21.2 Å². The van der Waals surface area contributed by atoms with Crippen molar-refractivity contribution in [1.29, 1.82) is 0 Å². The summed E-state index contributed by atoms with van der Waals surface area (Å²) in [5.74, 6) is -0.195. The monoisotopic (exact) mass is 473 g/mol. The van der Waals surface area contributed by atoms with Crippen LogP contribution in [0, 0.1) is 5.21 Å². The van der Waals surface area contributed by atoms with E-state index in [1.807, 2.05) is 0 Å². The predicted octanol–water partition coefficient (Wildman–Crippen LogP) is 2.76. The summed E-state index contributed by atoms with van der Waals surface area (Å²) in [5, 5.41) is 14.7. The average Bonchev–Trinajstić information content (AvgIpc) is 2.82. The number of hydrogen-bond donors (Lipinski definition) is 1. The minimum absolute atomic E-state index is 0.0418. The first-order chi connectivity index (χ1) is 15.9. The summed E-state index contributed by atoms with van der Waals surface area (Å²) in [5.41, 5.74) is 0.566. The number of carbonyl (C=O) groups is 2. The third-order valence-electron chi connectivity index (χ3n) is 4.31. The van der Waals surface area contributed by atoms with Crippen LogP contribution in [0.3, 0.4) is 0 Å². The zero-order chi connectivity index (χ0) is 23.8. The molecule has 11 heteroatoms. The van der Waals surface area contributed by atoms with Crippen molar-refractivity contribution in [3.63, 3.8) is 0 Å². The van der Waals surface area contributed by atoms with Gasteiger partial charge in [0.05, 0.1) is 31.7 Å². The van der Waals surface area contributed by atoms with Crippen LogP contribution in [0.15, 0.2) is 54.9 Å². The summed E-state index contributed by atoms with van der Waals surface area (Å²) in [6, 6.07) is 10.6. The first-order valence-electron chi connectivity index (χ1n) is 9.55. The van der Waals surface area contributed by atoms with Crippen molar-refractivity contribution >= 4 is 29.2 Å². The van der Waals surface area contributed by atoms with Crippen LogP contribution in [0.5, 0.6) is 17.2 Å². The molecule has 3 aromatic rings. The standard InChI is InChI=1S/C22H20ClN3O7/c1-30-17-7-5-15(23)11-16(17)25-21(27)13-32-18-6-4-14(10-19(18)31-2)22(28)33-12-20-24-8-3-9-26(20)29/h3-11H,12-13H2,1-2H3,(H,25,27). The van der Waals surface area contributed by atoms with Gasteiger partial charge in [-0.3, -0.25) is 4.79 Å². The summed E-state index contributed by atoms with van der Waals surface area (Å²) >= 11 is 5.96. The Morgan fingerprint density at radius 2 is 1.85 bits per heavy atom. The van der Waals surface area contributed by atoms with Crippen LogP contribution in [0.1, 0.15) is 16.2 Å². The lowest BCUT2D eigenvalue weighted by Gasteiger charge is -2.13. The zero-order valence-corrected chi connectivity index (χ0v) is 18.5. The fraction of sp³-hybridized carbons (Fsp3) is 0.182. The molecule has 172 valence electrons. The smallest absolute Gasteiger partial charge is 0.339 e. The molecular formula is C22H20ClN3O7. The molecule has 0 saturated carbocycles. The normalized spacial score (nSPS) is 10.3. The second-order valence-corrected chi connectivity index (χ2v) is 6.92. The number of methoxy groups -OCH3 is 2. The van der Waals surface area contributed by atoms with Gasteiger partial charge in [0, 0.05) is 11.1 Å². The first-order valence-corrected chi connectivity index (χ1v) is 9.93. The molecule has 3 rings (SSSR count). The molecule has 0 atom stereocenters. The highest BCUT2D eigenvalue weighted by Gasteiger charge is 2.16. The first kappa shape index (κ1) is 23.6. The van der Waals surface area contributed by atoms with Crippen molar-refractivity contribution in [2.45, 2.75) is 6.61 Å². The van der Waals surface area contributed by atoms with Crippen molar-refractivity contribution < 1.29 is 33.3 Å². The van der Waals surface area contributed by atoms with Gasteiger partial charge in [0.25, 0.3) is 5.91 Å². The van der Waals surface area contributed by atoms with Gasteiger partial charge in [0.15, 0.2) is 24.7 Å². The van der Waals surface area contributed by atoms with Crippen molar-refractivity contribution in [3.05, 3.63) is 76.5 Å². The molecule has 10 nitrogen and oxygen atoms in total. The molecule has 1 aromatic heterocycles. The maximum Gasteiger partial charge on any atom is 0.339 e. The highest BCUT2D eigenvalue weighted by Crippen LogP contribution is 2.29. The van der Waals surface area contributed by atoms with Gasteiger partial charge in [-0.2, -0.15) is 0 Å². The summed E-state index contributed by atoms with van der Waals surface area (Å²) in [6.07, 6.45) is 2.68. The molecule has 0 bridgehead atoms. The molecule has 0 saturated heterocycles. The predicted molar refractivity (Wildman–Crippen MR) is 117 cm³/mol. The molecule has 33 heavy (non-hydrogen) atoms. The number of benzene rings is 2. The number of esters is 1. The lowest BCUT2D eigenvalue weighted by Crippen LogP contribution is -2.33. The fourth-order valence-electron chi connectivity index (χ4n) is 2.72. The van der Waals surface area contributed by atoms with E-state index in [1.165, 1.54) is 50.9 Å². The van der Waals surface area contributed by atoms with Crippen LogP contribution < -0.4 is 24.3 Å². The van der Waals surface area contributed by atoms with E-state index < -0.39 is 11.9 Å². The van der Waals surface area contributed by atoms with E-state index in [4.69, 9.17) is 30.5 Å². The fourth-order valence-corrected chi connectivity index (χ4v) is 2.90. The molecule has 1 N–H and O–H groups in total. The SMILES string of the molecule is COc1ccc(Cl)cc1NC(=O)COc1ccc(C(=O)OCc2nccc[n+]2[O-])cc1OC. The zero-order valence-electron chi connectivity index (χ0n) is 17.7. The Morgan fingerprint density at radius 1 is 1.09 bits per heavy atom. The lowest BCUT2D eigenvalue weighted by atomic mass is 10.2. The van der Waals surface area contributed by atoms with Crippen molar-refractivity contribution in [2.75, 3.05) is 26.1 Å². The second-order valence-electron chi connectivity index (χ2n) is 6.48. The van der Waals surface area contributed by atoms with Crippen LogP contribution in [-0.4, -0.2) is 37.7 Å². The maximum atomic E-state index is 12.3. The Balaban J connectivity index is 1.61. The molecule has 2 aromatic carbocycles. The van der Waals surface area contributed by atoms with E-state index in [-0.39, 0.29) is 36.1 Å². The minimum atomic E-state index is -0.684. The summed E-state index contributed by atoms with van der Waals surface area (Å²) < 4.78 is 21.6. The van der Waals surface area contributed by atoms with Gasteiger partial charge in [-0.1, -0.05) is 11.6 Å². The maximum absolute atomic E-state index is 12.3.